The number of hydrogen-bond acceptors (Lipinski definition) is 3. The molecule has 0 saturated heterocycles. The van der Waals surface area contributed by atoms with Gasteiger partial charge in [0.2, 0.25) is 0 Å². The van der Waals surface area contributed by atoms with Gasteiger partial charge in [-0.05, 0) is 43.9 Å². The van der Waals surface area contributed by atoms with Crippen molar-refractivity contribution in [3.63, 3.8) is 0 Å². The van der Waals surface area contributed by atoms with Crippen LogP contribution in [0, 0.1) is 21.3 Å². The molecule has 0 unspecified atom stereocenters. The second kappa shape index (κ2) is 11.1. The molecule has 0 saturated carbocycles. The summed E-state index contributed by atoms with van der Waals surface area (Å²) in [6.07, 6.45) is 0.842. The fourth-order valence-corrected chi connectivity index (χ4v) is 4.56. The van der Waals surface area contributed by atoms with E-state index in [1.54, 1.807) is 15.9 Å². The van der Waals surface area contributed by atoms with Crippen LogP contribution in [0.2, 0.25) is 0 Å². The summed E-state index contributed by atoms with van der Waals surface area (Å²) in [6.45, 7) is 12.7. The van der Waals surface area contributed by atoms with Gasteiger partial charge in [0.15, 0.2) is 0 Å². The first-order valence-electron chi connectivity index (χ1n) is 8.94. The number of pyridine rings is 1. The summed E-state index contributed by atoms with van der Waals surface area (Å²) in [5.41, 5.74) is 3.25. The van der Waals surface area contributed by atoms with Crippen molar-refractivity contribution in [2.45, 2.75) is 54.5 Å². The van der Waals surface area contributed by atoms with Gasteiger partial charge >= 0.3 is 0 Å². The van der Waals surface area contributed by atoms with Crippen LogP contribution in [0.1, 0.15) is 43.7 Å². The van der Waals surface area contributed by atoms with Crippen molar-refractivity contribution >= 4 is 21.6 Å². The number of hydrogen-bond donors (Lipinski definition) is 1. The van der Waals surface area contributed by atoms with Gasteiger partial charge in [-0.3, -0.25) is 9.36 Å². The maximum absolute atomic E-state index is 13.0. The Labute approximate surface area is 192 Å². The number of nitrogens with zero attached hydrogens (tertiary/aromatic N) is 1. The van der Waals surface area contributed by atoms with Crippen molar-refractivity contribution < 1.29 is 37.8 Å². The zero-order valence-corrected chi connectivity index (χ0v) is 21.2. The van der Waals surface area contributed by atoms with E-state index in [9.17, 15) is 9.90 Å². The third kappa shape index (κ3) is 4.55. The van der Waals surface area contributed by atoms with Crippen LogP contribution in [0.25, 0.3) is 21.3 Å². The average molecular weight is 461 g/mol. The van der Waals surface area contributed by atoms with E-state index in [-0.39, 0.29) is 51.4 Å². The number of rotatable bonds is 3. The molecule has 5 heteroatoms. The summed E-state index contributed by atoms with van der Waals surface area (Å²) in [6, 6.07) is 7.72. The monoisotopic (exact) mass is 461 g/mol. The molecule has 0 aliphatic heterocycles. The van der Waals surface area contributed by atoms with Crippen molar-refractivity contribution in [3.05, 3.63) is 58.0 Å². The molecule has 0 atom stereocenters. The van der Waals surface area contributed by atoms with E-state index in [2.05, 4.69) is 13.8 Å². The van der Waals surface area contributed by atoms with Crippen LogP contribution < -0.4 is 5.56 Å². The quantitative estimate of drug-likeness (QED) is 0.479. The van der Waals surface area contributed by atoms with E-state index in [4.69, 9.17) is 0 Å². The van der Waals surface area contributed by atoms with Gasteiger partial charge in [-0.1, -0.05) is 45.0 Å². The number of aryl methyl sites for hydroxylation is 4. The summed E-state index contributed by atoms with van der Waals surface area (Å²) in [4.78, 5) is 15.1. The van der Waals surface area contributed by atoms with Gasteiger partial charge in [-0.2, -0.15) is 0 Å². The Balaban J connectivity index is 0.00000164. The van der Waals surface area contributed by atoms with Crippen LogP contribution in [0.5, 0.6) is 5.75 Å². The van der Waals surface area contributed by atoms with Gasteiger partial charge in [0.25, 0.3) is 5.56 Å². The summed E-state index contributed by atoms with van der Waals surface area (Å²) < 4.78 is 1.79. The van der Waals surface area contributed by atoms with Crippen LogP contribution in [0.3, 0.4) is 0 Å². The minimum Gasteiger partial charge on any atom is -0.506 e. The Morgan fingerprint density at radius 3 is 2.22 bits per heavy atom. The number of fused-ring (bicyclic) bond motifs is 1. The predicted octanol–water partition coefficient (Wildman–Crippen LogP) is 6.11. The molecule has 1 radical (unpaired) electrons. The fourth-order valence-electron chi connectivity index (χ4n) is 3.26. The molecule has 0 bridgehead atoms. The molecule has 2 aromatic heterocycles. The van der Waals surface area contributed by atoms with Crippen molar-refractivity contribution in [3.8, 4) is 16.9 Å². The number of thiophene rings is 1. The molecule has 1 N–H and O–H groups in total. The Kier molecular flexibility index (Phi) is 10.7. The standard InChI is InChI=1S/C19H21NO2S.C2H6.CH3.Y/c1-5-13-12(4)23-19-16(13)17(21)15(18(22)20(19)6-2)14-10-8-7-9-11(14)3;1-2;;/h7-10,21H,5-6H2,1-4H3;1-2H3;1H3;/q;;-1;. The van der Waals surface area contributed by atoms with Gasteiger partial charge in [0, 0.05) is 44.1 Å². The van der Waals surface area contributed by atoms with E-state index in [0.29, 0.717) is 12.1 Å². The fraction of sp³-hybridized carbons (Fsp3) is 0.364. The van der Waals surface area contributed by atoms with Gasteiger partial charge in [-0.25, -0.2) is 0 Å². The Morgan fingerprint density at radius 1 is 1.11 bits per heavy atom. The second-order valence-electron chi connectivity index (χ2n) is 5.76. The number of aromatic nitrogens is 1. The van der Waals surface area contributed by atoms with Crippen LogP contribution in [0.4, 0.5) is 0 Å². The predicted molar refractivity (Wildman–Crippen MR) is 115 cm³/mol. The summed E-state index contributed by atoms with van der Waals surface area (Å²) in [5, 5.41) is 11.8. The minimum atomic E-state index is -0.115. The molecular weight excluding hydrogens is 431 g/mol. The smallest absolute Gasteiger partial charge is 0.263 e. The van der Waals surface area contributed by atoms with Gasteiger partial charge in [0.1, 0.15) is 10.6 Å². The number of benzene rings is 1. The molecule has 0 amide bonds. The third-order valence-corrected chi connectivity index (χ3v) is 5.62. The third-order valence-electron chi connectivity index (χ3n) is 4.45. The molecule has 1 aromatic carbocycles. The normalized spacial score (nSPS) is 9.85. The van der Waals surface area contributed by atoms with E-state index >= 15 is 0 Å². The first-order valence-corrected chi connectivity index (χ1v) is 9.76. The topological polar surface area (TPSA) is 42.2 Å². The summed E-state index contributed by atoms with van der Waals surface area (Å²) in [5.74, 6) is 0.130. The molecule has 0 spiro atoms. The summed E-state index contributed by atoms with van der Waals surface area (Å²) in [7, 11) is 0. The molecular formula is C22H30NO2SY-. The molecule has 0 aliphatic rings. The maximum Gasteiger partial charge on any atom is 0.263 e. The number of aromatic hydroxyl groups is 1. The first-order chi connectivity index (χ1) is 12.0. The van der Waals surface area contributed by atoms with Crippen LogP contribution >= 0.6 is 11.3 Å². The van der Waals surface area contributed by atoms with Gasteiger partial charge in [-0.15, -0.1) is 11.3 Å². The molecule has 3 aromatic rings. The molecule has 3 rings (SSSR count). The van der Waals surface area contributed by atoms with Crippen molar-refractivity contribution in [2.75, 3.05) is 0 Å². The maximum atomic E-state index is 13.0. The zero-order valence-electron chi connectivity index (χ0n) is 17.5. The average Bonchev–Trinajstić information content (AvgIpc) is 2.95. The van der Waals surface area contributed by atoms with Crippen molar-refractivity contribution in [1.82, 2.24) is 4.57 Å². The van der Waals surface area contributed by atoms with Crippen molar-refractivity contribution in [2.24, 2.45) is 0 Å². The van der Waals surface area contributed by atoms with Gasteiger partial charge < -0.3 is 12.5 Å². The van der Waals surface area contributed by atoms with E-state index < -0.39 is 0 Å². The minimum absolute atomic E-state index is 0. The molecule has 0 fully saturated rings. The molecule has 3 nitrogen and oxygen atoms in total. The largest absolute Gasteiger partial charge is 0.506 e. The molecule has 0 aliphatic carbocycles. The summed E-state index contributed by atoms with van der Waals surface area (Å²) >= 11 is 1.59. The Morgan fingerprint density at radius 2 is 1.70 bits per heavy atom. The molecule has 145 valence electrons. The van der Waals surface area contributed by atoms with Gasteiger partial charge in [0.05, 0.1) is 10.9 Å². The molecule has 27 heavy (non-hydrogen) atoms. The van der Waals surface area contributed by atoms with Crippen LogP contribution in [-0.2, 0) is 45.7 Å². The molecule has 2 heterocycles. The van der Waals surface area contributed by atoms with E-state index in [1.165, 1.54) is 4.88 Å². The van der Waals surface area contributed by atoms with Crippen molar-refractivity contribution in [1.29, 1.82) is 0 Å². The first kappa shape index (κ1) is 26.0. The zero-order chi connectivity index (χ0) is 18.7. The van der Waals surface area contributed by atoms with E-state index in [1.807, 2.05) is 52.0 Å². The Hall–Kier alpha value is -0.966. The second-order valence-corrected chi connectivity index (χ2v) is 6.96. The van der Waals surface area contributed by atoms with Crippen LogP contribution in [-0.4, -0.2) is 9.67 Å². The van der Waals surface area contributed by atoms with Crippen LogP contribution in [0.15, 0.2) is 29.1 Å². The van der Waals surface area contributed by atoms with E-state index in [0.717, 1.165) is 33.3 Å². The Bertz CT molecular complexity index is 957. The SMILES string of the molecule is CC.CCc1c(C)sc2c1c(O)c(-c1ccccc1C)c(=O)n2CC.[CH3-].[Y].